The second-order valence-corrected chi connectivity index (χ2v) is 9.55. The van der Waals surface area contributed by atoms with Crippen molar-refractivity contribution in [1.29, 1.82) is 0 Å². The lowest BCUT2D eigenvalue weighted by atomic mass is 10.1. The Hall–Kier alpha value is -4.44. The fraction of sp³-hybridized carbons (Fsp3) is 0.250. The molecule has 0 saturated heterocycles. The SMILES string of the molecule is C=CC(=O)Nc1cc(Nc2ncc(Cl)c(Nc3ccccc3C(=O)C(=O)N(C)C)n2)ccc1OC1CCCC1. The standard InChI is InChI=1S/C28H29ClN6O4/c1-4-24(36)32-22-15-17(13-14-23(22)39-18-9-5-6-10-18)31-28-30-16-20(29)26(34-28)33-21-12-8-7-11-19(21)25(37)27(38)35(2)3/h4,7-8,11-16,18H,1,5-6,9-10H2,2-3H3,(H,32,36)(H2,30,31,33,34). The van der Waals surface area contributed by atoms with Crippen molar-refractivity contribution >= 4 is 58.0 Å². The lowest BCUT2D eigenvalue weighted by Crippen LogP contribution is -2.30. The maximum absolute atomic E-state index is 12.7. The maximum Gasteiger partial charge on any atom is 0.294 e. The number of ether oxygens (including phenoxy) is 1. The van der Waals surface area contributed by atoms with Crippen LogP contribution in [0.3, 0.4) is 0 Å². The number of halogens is 1. The van der Waals surface area contributed by atoms with Crippen LogP contribution < -0.4 is 20.7 Å². The highest BCUT2D eigenvalue weighted by Gasteiger charge is 2.22. The van der Waals surface area contributed by atoms with Crippen molar-refractivity contribution in [2.24, 2.45) is 0 Å². The van der Waals surface area contributed by atoms with E-state index in [1.54, 1.807) is 42.5 Å². The van der Waals surface area contributed by atoms with Gasteiger partial charge in [0.15, 0.2) is 5.82 Å². The highest BCUT2D eigenvalue weighted by molar-refractivity contribution is 6.43. The quantitative estimate of drug-likeness (QED) is 0.176. The number of carbonyl (C=O) groups is 3. The van der Waals surface area contributed by atoms with Crippen LogP contribution in [0, 0.1) is 0 Å². The molecule has 11 heteroatoms. The smallest absolute Gasteiger partial charge is 0.294 e. The molecule has 0 radical (unpaired) electrons. The highest BCUT2D eigenvalue weighted by atomic mass is 35.5. The Morgan fingerprint density at radius 3 is 2.54 bits per heavy atom. The Morgan fingerprint density at radius 1 is 1.08 bits per heavy atom. The first-order chi connectivity index (χ1) is 18.7. The number of hydrogen-bond donors (Lipinski definition) is 3. The Kier molecular flexibility index (Phi) is 8.77. The zero-order valence-electron chi connectivity index (χ0n) is 21.7. The number of ketones is 1. The summed E-state index contributed by atoms with van der Waals surface area (Å²) < 4.78 is 6.13. The van der Waals surface area contributed by atoms with Crippen molar-refractivity contribution in [1.82, 2.24) is 14.9 Å². The van der Waals surface area contributed by atoms with Gasteiger partial charge in [-0.2, -0.15) is 4.98 Å². The summed E-state index contributed by atoms with van der Waals surface area (Å²) in [6, 6.07) is 11.9. The Morgan fingerprint density at radius 2 is 1.82 bits per heavy atom. The summed E-state index contributed by atoms with van der Waals surface area (Å²) >= 11 is 6.35. The third kappa shape index (κ3) is 6.91. The summed E-state index contributed by atoms with van der Waals surface area (Å²) in [5, 5.41) is 9.13. The normalized spacial score (nSPS) is 12.9. The van der Waals surface area contributed by atoms with Crippen molar-refractivity contribution in [2.45, 2.75) is 31.8 Å². The topological polar surface area (TPSA) is 126 Å². The van der Waals surface area contributed by atoms with E-state index in [-0.39, 0.29) is 34.4 Å². The average Bonchev–Trinajstić information content (AvgIpc) is 3.44. The second-order valence-electron chi connectivity index (χ2n) is 9.14. The number of rotatable bonds is 10. The summed E-state index contributed by atoms with van der Waals surface area (Å²) in [6.45, 7) is 3.52. The number of anilines is 5. The van der Waals surface area contributed by atoms with Gasteiger partial charge in [0.1, 0.15) is 10.8 Å². The van der Waals surface area contributed by atoms with Gasteiger partial charge >= 0.3 is 0 Å². The molecule has 39 heavy (non-hydrogen) atoms. The Bertz CT molecular complexity index is 1400. The minimum Gasteiger partial charge on any atom is -0.488 e. The molecule has 1 saturated carbocycles. The first-order valence-electron chi connectivity index (χ1n) is 12.4. The third-order valence-electron chi connectivity index (χ3n) is 6.04. The Labute approximate surface area is 231 Å². The molecular weight excluding hydrogens is 520 g/mol. The van der Waals surface area contributed by atoms with E-state index < -0.39 is 11.7 Å². The number of benzene rings is 2. The van der Waals surface area contributed by atoms with Crippen LogP contribution in [0.25, 0.3) is 0 Å². The first-order valence-corrected chi connectivity index (χ1v) is 12.8. The van der Waals surface area contributed by atoms with E-state index in [1.807, 2.05) is 0 Å². The molecule has 0 unspecified atom stereocenters. The van der Waals surface area contributed by atoms with E-state index in [4.69, 9.17) is 16.3 Å². The van der Waals surface area contributed by atoms with Gasteiger partial charge < -0.3 is 25.6 Å². The van der Waals surface area contributed by atoms with Crippen LogP contribution in [-0.4, -0.2) is 52.7 Å². The molecule has 1 aromatic heterocycles. The molecule has 1 heterocycles. The van der Waals surface area contributed by atoms with Crippen molar-refractivity contribution in [3.8, 4) is 5.75 Å². The minimum absolute atomic E-state index is 0.110. The van der Waals surface area contributed by atoms with Crippen LogP contribution in [0.1, 0.15) is 36.0 Å². The van der Waals surface area contributed by atoms with Crippen LogP contribution in [-0.2, 0) is 9.59 Å². The van der Waals surface area contributed by atoms with Crippen LogP contribution in [0.2, 0.25) is 5.02 Å². The lowest BCUT2D eigenvalue weighted by Gasteiger charge is -2.18. The predicted octanol–water partition coefficient (Wildman–Crippen LogP) is 5.33. The maximum atomic E-state index is 12.7. The highest BCUT2D eigenvalue weighted by Crippen LogP contribution is 2.33. The van der Waals surface area contributed by atoms with Gasteiger partial charge in [0, 0.05) is 19.8 Å². The van der Waals surface area contributed by atoms with Crippen LogP contribution in [0.15, 0.2) is 61.3 Å². The molecule has 2 amide bonds. The molecule has 1 aliphatic rings. The second kappa shape index (κ2) is 12.4. The van der Waals surface area contributed by atoms with Crippen LogP contribution in [0.4, 0.5) is 28.8 Å². The van der Waals surface area contributed by atoms with Gasteiger partial charge in [-0.1, -0.05) is 30.3 Å². The van der Waals surface area contributed by atoms with Crippen LogP contribution in [0.5, 0.6) is 5.75 Å². The summed E-state index contributed by atoms with van der Waals surface area (Å²) in [5.74, 6) is -0.677. The molecule has 0 aliphatic heterocycles. The van der Waals surface area contributed by atoms with Crippen molar-refractivity contribution < 1.29 is 19.1 Å². The molecule has 2 aromatic carbocycles. The summed E-state index contributed by atoms with van der Waals surface area (Å²) in [7, 11) is 3.02. The Balaban J connectivity index is 1.57. The van der Waals surface area contributed by atoms with Gasteiger partial charge in [0.25, 0.3) is 11.7 Å². The zero-order valence-corrected chi connectivity index (χ0v) is 22.4. The van der Waals surface area contributed by atoms with E-state index in [9.17, 15) is 14.4 Å². The molecule has 4 rings (SSSR count). The number of likely N-dealkylation sites (N-methyl/N-ethyl adjacent to an activating group) is 1. The van der Waals surface area contributed by atoms with Crippen LogP contribution >= 0.6 is 11.6 Å². The number of nitrogens with zero attached hydrogens (tertiary/aromatic N) is 3. The van der Waals surface area contributed by atoms with E-state index >= 15 is 0 Å². The van der Waals surface area contributed by atoms with Gasteiger partial charge in [-0.15, -0.1) is 0 Å². The number of carbonyl (C=O) groups excluding carboxylic acids is 3. The average molecular weight is 549 g/mol. The molecule has 3 N–H and O–H groups in total. The van der Waals surface area contributed by atoms with E-state index in [0.717, 1.165) is 25.7 Å². The fourth-order valence-electron chi connectivity index (χ4n) is 4.06. The number of hydrogen-bond acceptors (Lipinski definition) is 8. The van der Waals surface area contributed by atoms with Crippen molar-refractivity contribution in [3.63, 3.8) is 0 Å². The molecular formula is C28H29ClN6O4. The predicted molar refractivity (Wildman–Crippen MR) is 151 cm³/mol. The van der Waals surface area contributed by atoms with E-state index in [1.165, 1.54) is 31.3 Å². The van der Waals surface area contributed by atoms with E-state index in [2.05, 4.69) is 32.5 Å². The summed E-state index contributed by atoms with van der Waals surface area (Å²) in [4.78, 5) is 46.9. The molecule has 3 aromatic rings. The lowest BCUT2D eigenvalue weighted by molar-refractivity contribution is -0.124. The summed E-state index contributed by atoms with van der Waals surface area (Å²) in [5.41, 5.74) is 1.63. The van der Waals surface area contributed by atoms with Gasteiger partial charge in [-0.25, -0.2) is 4.98 Å². The molecule has 10 nitrogen and oxygen atoms in total. The van der Waals surface area contributed by atoms with Gasteiger partial charge in [-0.05, 0) is 62.1 Å². The third-order valence-corrected chi connectivity index (χ3v) is 6.32. The van der Waals surface area contributed by atoms with Crippen molar-refractivity contribution in [2.75, 3.05) is 30.0 Å². The zero-order chi connectivity index (χ0) is 27.9. The largest absolute Gasteiger partial charge is 0.488 e. The monoisotopic (exact) mass is 548 g/mol. The molecule has 0 spiro atoms. The molecule has 202 valence electrons. The molecule has 1 aliphatic carbocycles. The number of para-hydroxylation sites is 1. The number of nitrogens with one attached hydrogen (secondary N) is 3. The molecule has 0 atom stereocenters. The molecule has 0 bridgehead atoms. The fourth-order valence-corrected chi connectivity index (χ4v) is 4.20. The molecule has 1 fully saturated rings. The van der Waals surface area contributed by atoms with Crippen molar-refractivity contribution in [3.05, 3.63) is 71.9 Å². The minimum atomic E-state index is -0.666. The number of Topliss-reactive ketones (excluding diaryl/α,β-unsaturated/α-hetero) is 1. The van der Waals surface area contributed by atoms with Gasteiger partial charge in [0.2, 0.25) is 11.9 Å². The number of aromatic nitrogens is 2. The van der Waals surface area contributed by atoms with Gasteiger partial charge in [0.05, 0.1) is 29.2 Å². The van der Waals surface area contributed by atoms with Gasteiger partial charge in [-0.3, -0.25) is 14.4 Å². The number of amides is 2. The van der Waals surface area contributed by atoms with E-state index in [0.29, 0.717) is 22.8 Å². The first kappa shape index (κ1) is 27.6. The summed E-state index contributed by atoms with van der Waals surface area (Å²) in [6.07, 6.45) is 6.89.